The Morgan fingerprint density at radius 3 is 2.84 bits per heavy atom. The lowest BCUT2D eigenvalue weighted by molar-refractivity contribution is -0.141. The summed E-state index contributed by atoms with van der Waals surface area (Å²) < 4.78 is 0. The first-order chi connectivity index (χ1) is 9.09. The zero-order valence-electron chi connectivity index (χ0n) is 10.9. The third-order valence-corrected chi connectivity index (χ3v) is 3.49. The summed E-state index contributed by atoms with van der Waals surface area (Å²) in [5, 5.41) is 11.8. The number of carboxylic acids is 1. The molecule has 0 aliphatic carbocycles. The second-order valence-corrected chi connectivity index (χ2v) is 4.77. The van der Waals surface area contributed by atoms with E-state index in [-0.39, 0.29) is 6.03 Å². The second-order valence-electron chi connectivity index (χ2n) is 4.77. The van der Waals surface area contributed by atoms with Crippen LogP contribution in [0.3, 0.4) is 0 Å². The van der Waals surface area contributed by atoms with Crippen LogP contribution in [0.1, 0.15) is 24.0 Å². The number of hydrogen-bond donors (Lipinski definition) is 2. The summed E-state index contributed by atoms with van der Waals surface area (Å²) in [6, 6.07) is 6.82. The minimum Gasteiger partial charge on any atom is -0.480 e. The van der Waals surface area contributed by atoms with Gasteiger partial charge >= 0.3 is 12.0 Å². The maximum atomic E-state index is 12.0. The van der Waals surface area contributed by atoms with E-state index in [1.54, 1.807) is 0 Å². The summed E-state index contributed by atoms with van der Waals surface area (Å²) in [5.74, 6) is -0.927. The van der Waals surface area contributed by atoms with E-state index < -0.39 is 12.0 Å². The Morgan fingerprint density at radius 2 is 2.16 bits per heavy atom. The molecule has 1 saturated heterocycles. The SMILES string of the molecule is Cc1ccccc1CNC(=O)N1CCCC1C(=O)O. The number of aryl methyl sites for hydroxylation is 1. The first-order valence-corrected chi connectivity index (χ1v) is 6.41. The molecular weight excluding hydrogens is 244 g/mol. The molecule has 0 aromatic heterocycles. The molecular formula is C14H18N2O3. The largest absolute Gasteiger partial charge is 0.480 e. The highest BCUT2D eigenvalue weighted by atomic mass is 16.4. The van der Waals surface area contributed by atoms with Gasteiger partial charge in [0.05, 0.1) is 0 Å². The molecule has 0 bridgehead atoms. The fraction of sp³-hybridized carbons (Fsp3) is 0.429. The number of urea groups is 1. The molecule has 0 spiro atoms. The number of hydrogen-bond acceptors (Lipinski definition) is 2. The quantitative estimate of drug-likeness (QED) is 0.872. The Labute approximate surface area is 112 Å². The van der Waals surface area contributed by atoms with Crippen molar-refractivity contribution in [2.24, 2.45) is 0 Å². The van der Waals surface area contributed by atoms with Crippen LogP contribution >= 0.6 is 0 Å². The van der Waals surface area contributed by atoms with Crippen molar-refractivity contribution in [1.82, 2.24) is 10.2 Å². The van der Waals surface area contributed by atoms with Crippen LogP contribution in [0.2, 0.25) is 0 Å². The molecule has 5 nitrogen and oxygen atoms in total. The van der Waals surface area contributed by atoms with Gasteiger partial charge in [0, 0.05) is 13.1 Å². The van der Waals surface area contributed by atoms with Crippen molar-refractivity contribution >= 4 is 12.0 Å². The zero-order valence-corrected chi connectivity index (χ0v) is 10.9. The van der Waals surface area contributed by atoms with Crippen LogP contribution in [0, 0.1) is 6.92 Å². The number of likely N-dealkylation sites (tertiary alicyclic amines) is 1. The number of carbonyl (C=O) groups is 2. The molecule has 2 amide bonds. The molecule has 1 aliphatic heterocycles. The van der Waals surface area contributed by atoms with E-state index in [0.29, 0.717) is 19.5 Å². The van der Waals surface area contributed by atoms with Gasteiger partial charge < -0.3 is 15.3 Å². The van der Waals surface area contributed by atoms with Crippen LogP contribution in [0.5, 0.6) is 0 Å². The highest BCUT2D eigenvalue weighted by molar-refractivity contribution is 5.83. The maximum Gasteiger partial charge on any atom is 0.326 e. The molecule has 1 aromatic rings. The smallest absolute Gasteiger partial charge is 0.326 e. The van der Waals surface area contributed by atoms with E-state index in [4.69, 9.17) is 5.11 Å². The predicted molar refractivity (Wildman–Crippen MR) is 70.8 cm³/mol. The van der Waals surface area contributed by atoms with Gasteiger partial charge in [-0.2, -0.15) is 0 Å². The standard InChI is InChI=1S/C14H18N2O3/c1-10-5-2-3-6-11(10)9-15-14(19)16-8-4-7-12(16)13(17)18/h2-3,5-6,12H,4,7-9H2,1H3,(H,15,19)(H,17,18). The van der Waals surface area contributed by atoms with Gasteiger partial charge in [0.2, 0.25) is 0 Å². The Morgan fingerprint density at radius 1 is 1.42 bits per heavy atom. The van der Waals surface area contributed by atoms with E-state index in [2.05, 4.69) is 5.32 Å². The lowest BCUT2D eigenvalue weighted by Crippen LogP contribution is -2.45. The van der Waals surface area contributed by atoms with Crippen LogP contribution < -0.4 is 5.32 Å². The summed E-state index contributed by atoms with van der Waals surface area (Å²) in [7, 11) is 0. The van der Waals surface area contributed by atoms with Gasteiger partial charge in [-0.05, 0) is 30.9 Å². The summed E-state index contributed by atoms with van der Waals surface area (Å²) in [4.78, 5) is 24.4. The van der Waals surface area contributed by atoms with Crippen LogP contribution in [0.4, 0.5) is 4.79 Å². The molecule has 102 valence electrons. The topological polar surface area (TPSA) is 69.6 Å². The molecule has 0 radical (unpaired) electrons. The van der Waals surface area contributed by atoms with Crippen molar-refractivity contribution in [1.29, 1.82) is 0 Å². The molecule has 2 N–H and O–H groups in total. The average Bonchev–Trinajstić information content (AvgIpc) is 2.87. The first-order valence-electron chi connectivity index (χ1n) is 6.41. The number of amides is 2. The maximum absolute atomic E-state index is 12.0. The third kappa shape index (κ3) is 3.05. The van der Waals surface area contributed by atoms with E-state index in [1.165, 1.54) is 4.90 Å². The van der Waals surface area contributed by atoms with Crippen molar-refractivity contribution in [2.75, 3.05) is 6.54 Å². The fourth-order valence-electron chi connectivity index (χ4n) is 2.35. The Hall–Kier alpha value is -2.04. The molecule has 0 saturated carbocycles. The van der Waals surface area contributed by atoms with Crippen molar-refractivity contribution in [3.05, 3.63) is 35.4 Å². The minimum absolute atomic E-state index is 0.298. The molecule has 19 heavy (non-hydrogen) atoms. The lowest BCUT2D eigenvalue weighted by Gasteiger charge is -2.22. The molecule has 5 heteroatoms. The molecule has 1 unspecified atom stereocenters. The number of nitrogens with zero attached hydrogens (tertiary/aromatic N) is 1. The van der Waals surface area contributed by atoms with Crippen LogP contribution in [-0.2, 0) is 11.3 Å². The summed E-state index contributed by atoms with van der Waals surface area (Å²) >= 11 is 0. The lowest BCUT2D eigenvalue weighted by atomic mass is 10.1. The van der Waals surface area contributed by atoms with Gasteiger partial charge in [0.15, 0.2) is 0 Å². The summed E-state index contributed by atoms with van der Waals surface area (Å²) in [6.45, 7) is 2.92. The van der Waals surface area contributed by atoms with E-state index >= 15 is 0 Å². The number of carboxylic acid groups (broad SMARTS) is 1. The van der Waals surface area contributed by atoms with Crippen LogP contribution in [0.25, 0.3) is 0 Å². The second kappa shape index (κ2) is 5.73. The van der Waals surface area contributed by atoms with Crippen molar-refractivity contribution in [3.8, 4) is 0 Å². The number of carbonyl (C=O) groups excluding carboxylic acids is 1. The Balaban J connectivity index is 1.95. The van der Waals surface area contributed by atoms with Gasteiger partial charge in [-0.15, -0.1) is 0 Å². The molecule has 1 aliphatic rings. The number of rotatable bonds is 3. The van der Waals surface area contributed by atoms with E-state index in [1.807, 2.05) is 31.2 Å². The van der Waals surface area contributed by atoms with Gasteiger partial charge in [0.25, 0.3) is 0 Å². The van der Waals surface area contributed by atoms with Gasteiger partial charge in [-0.25, -0.2) is 9.59 Å². The van der Waals surface area contributed by atoms with E-state index in [0.717, 1.165) is 17.5 Å². The first kappa shape index (κ1) is 13.4. The molecule has 1 fully saturated rings. The fourth-order valence-corrected chi connectivity index (χ4v) is 2.35. The van der Waals surface area contributed by atoms with Crippen molar-refractivity contribution < 1.29 is 14.7 Å². The van der Waals surface area contributed by atoms with Crippen LogP contribution in [0.15, 0.2) is 24.3 Å². The highest BCUT2D eigenvalue weighted by Crippen LogP contribution is 2.17. The number of benzene rings is 1. The van der Waals surface area contributed by atoms with E-state index in [9.17, 15) is 9.59 Å². The molecule has 1 aromatic carbocycles. The summed E-state index contributed by atoms with van der Waals surface area (Å²) in [6.07, 6.45) is 1.28. The zero-order chi connectivity index (χ0) is 13.8. The molecule has 1 heterocycles. The van der Waals surface area contributed by atoms with Crippen LogP contribution in [-0.4, -0.2) is 34.6 Å². The van der Waals surface area contributed by atoms with Crippen molar-refractivity contribution in [3.63, 3.8) is 0 Å². The Kier molecular flexibility index (Phi) is 4.04. The Bertz CT molecular complexity index is 487. The third-order valence-electron chi connectivity index (χ3n) is 3.49. The highest BCUT2D eigenvalue weighted by Gasteiger charge is 2.33. The minimum atomic E-state index is -0.927. The molecule has 1 atom stereocenters. The number of aliphatic carboxylic acids is 1. The average molecular weight is 262 g/mol. The summed E-state index contributed by atoms with van der Waals surface area (Å²) in [5.41, 5.74) is 2.15. The van der Waals surface area contributed by atoms with Gasteiger partial charge in [0.1, 0.15) is 6.04 Å². The van der Waals surface area contributed by atoms with Crippen molar-refractivity contribution in [2.45, 2.75) is 32.4 Å². The van der Waals surface area contributed by atoms with Gasteiger partial charge in [-0.1, -0.05) is 24.3 Å². The monoisotopic (exact) mass is 262 g/mol. The van der Waals surface area contributed by atoms with Gasteiger partial charge in [-0.3, -0.25) is 0 Å². The number of nitrogens with one attached hydrogen (secondary N) is 1. The predicted octanol–water partition coefficient (Wildman–Crippen LogP) is 1.75. The normalized spacial score (nSPS) is 18.4. The molecule has 2 rings (SSSR count).